The average molecular weight is 502 g/mol. The number of amides is 2. The number of thiazole rings is 1. The maximum Gasteiger partial charge on any atom is 0.353 e. The lowest BCUT2D eigenvalue weighted by molar-refractivity contribution is -0.155. The third-order valence-corrected chi connectivity index (χ3v) is 7.58. The normalized spacial score (nSPS) is 21.0. The molecule has 0 radical (unpaired) electrons. The van der Waals surface area contributed by atoms with Gasteiger partial charge in [0.2, 0.25) is 0 Å². The summed E-state index contributed by atoms with van der Waals surface area (Å²) in [6, 6.07) is -1.54. The molecule has 1 fully saturated rings. The predicted octanol–water partition coefficient (Wildman–Crippen LogP) is 0.986. The van der Waals surface area contributed by atoms with Gasteiger partial charge in [-0.25, -0.2) is 9.78 Å². The molecule has 4 rings (SSSR count). The van der Waals surface area contributed by atoms with Gasteiger partial charge in [-0.1, -0.05) is 51.2 Å². The van der Waals surface area contributed by atoms with E-state index in [4.69, 9.17) is 17.3 Å². The zero-order valence-electron chi connectivity index (χ0n) is 15.2. The second kappa shape index (κ2) is 8.41. The van der Waals surface area contributed by atoms with Crippen LogP contribution < -0.4 is 11.1 Å². The zero-order chi connectivity index (χ0) is 22.3. The van der Waals surface area contributed by atoms with Crippen molar-refractivity contribution >= 4 is 74.7 Å². The summed E-state index contributed by atoms with van der Waals surface area (Å²) in [4.78, 5) is 42.7. The van der Waals surface area contributed by atoms with Crippen LogP contribution in [0.2, 0.25) is 4.34 Å². The van der Waals surface area contributed by atoms with E-state index in [0.717, 1.165) is 28.0 Å². The quantitative estimate of drug-likeness (QED) is 0.192. The molecular formula is C15H12ClN7O5S3. The molecule has 5 N–H and O–H groups in total. The lowest BCUT2D eigenvalue weighted by Crippen LogP contribution is -2.72. The van der Waals surface area contributed by atoms with Crippen molar-refractivity contribution in [2.24, 2.45) is 5.16 Å². The Bertz CT molecular complexity index is 1130. The van der Waals surface area contributed by atoms with Crippen LogP contribution in [-0.2, 0) is 14.4 Å². The van der Waals surface area contributed by atoms with Crippen LogP contribution in [0.5, 0.6) is 0 Å². The summed E-state index contributed by atoms with van der Waals surface area (Å²) in [5.74, 6) is -2.73. The fraction of sp³-hybridized carbons (Fsp3) is 0.267. The molecule has 16 heteroatoms. The lowest BCUT2D eigenvalue weighted by atomic mass is 9.86. The predicted molar refractivity (Wildman–Crippen MR) is 112 cm³/mol. The first-order valence-corrected chi connectivity index (χ1v) is 11.4. The maximum absolute atomic E-state index is 12.7. The Morgan fingerprint density at radius 1 is 1.45 bits per heavy atom. The molecule has 0 aliphatic carbocycles. The molecule has 162 valence electrons. The van der Waals surface area contributed by atoms with E-state index in [0.29, 0.717) is 22.1 Å². The van der Waals surface area contributed by atoms with Gasteiger partial charge in [0.05, 0.1) is 6.04 Å². The monoisotopic (exact) mass is 501 g/mol. The van der Waals surface area contributed by atoms with E-state index >= 15 is 0 Å². The van der Waals surface area contributed by atoms with Crippen molar-refractivity contribution in [3.05, 3.63) is 26.1 Å². The maximum atomic E-state index is 12.7. The van der Waals surface area contributed by atoms with E-state index in [1.807, 2.05) is 0 Å². The minimum absolute atomic E-state index is 0.0501. The van der Waals surface area contributed by atoms with Crippen molar-refractivity contribution in [2.45, 2.75) is 29.3 Å². The first kappa shape index (κ1) is 21.5. The number of hydrogen-bond donors (Lipinski definition) is 4. The summed E-state index contributed by atoms with van der Waals surface area (Å²) in [5, 5.41) is 32.0. The molecule has 2 aliphatic rings. The number of aliphatic carboxylic acids is 1. The summed E-state index contributed by atoms with van der Waals surface area (Å²) < 4.78 is 0.613. The highest BCUT2D eigenvalue weighted by molar-refractivity contribution is 8.04. The summed E-state index contributed by atoms with van der Waals surface area (Å²) >= 11 is 9.27. The van der Waals surface area contributed by atoms with Crippen molar-refractivity contribution in [3.8, 4) is 0 Å². The van der Waals surface area contributed by atoms with Gasteiger partial charge in [0, 0.05) is 4.91 Å². The molecular weight excluding hydrogens is 490 g/mol. The Morgan fingerprint density at radius 3 is 2.81 bits per heavy atom. The minimum atomic E-state index is -1.25. The third-order valence-electron chi connectivity index (χ3n) is 4.57. The highest BCUT2D eigenvalue weighted by Crippen LogP contribution is 2.43. The number of fused-ring (bicyclic) bond motifs is 1. The summed E-state index contributed by atoms with van der Waals surface area (Å²) in [6.45, 7) is 0. The molecule has 2 aliphatic heterocycles. The van der Waals surface area contributed by atoms with Crippen LogP contribution in [-0.4, -0.2) is 66.0 Å². The lowest BCUT2D eigenvalue weighted by Gasteiger charge is -2.49. The SMILES string of the molecule is Nc1nc(/C(=N/O)C(=O)N[C@@H]2C(=O)N3C(C(=O)O)=C(Sc4nncs4)CC[C@H]23)c(Cl)s1. The molecule has 1 saturated heterocycles. The molecule has 2 aromatic rings. The van der Waals surface area contributed by atoms with Crippen LogP contribution >= 0.6 is 46.0 Å². The standard InChI is InChI=1S/C15H12ClN7O5S3/c16-10-7(20-14(17)31-10)8(22-28)11(24)19-6-4-1-2-5(30-15-21-18-3-29-15)9(13(26)27)23(4)12(6)25/h3-4,6,28H,1-2H2,(H2,17,20)(H,19,24)(H,26,27)/b22-8-/t4-,6+/m1/s1. The number of carbonyl (C=O) groups is 3. The van der Waals surface area contributed by atoms with E-state index in [1.165, 1.54) is 16.8 Å². The van der Waals surface area contributed by atoms with E-state index in [2.05, 4.69) is 25.7 Å². The van der Waals surface area contributed by atoms with Gasteiger partial charge in [-0.05, 0) is 12.8 Å². The molecule has 0 bridgehead atoms. The Kier molecular flexibility index (Phi) is 5.83. The number of hydrogen-bond acceptors (Lipinski definition) is 12. The molecule has 2 aromatic heterocycles. The molecule has 12 nitrogen and oxygen atoms in total. The zero-order valence-corrected chi connectivity index (χ0v) is 18.4. The molecule has 4 heterocycles. The smallest absolute Gasteiger partial charge is 0.353 e. The number of thioether (sulfide) groups is 1. The Morgan fingerprint density at radius 2 is 2.23 bits per heavy atom. The minimum Gasteiger partial charge on any atom is -0.477 e. The summed E-state index contributed by atoms with van der Waals surface area (Å²) in [5.41, 5.74) is 6.32. The second-order valence-corrected chi connectivity index (χ2v) is 10.1. The van der Waals surface area contributed by atoms with Gasteiger partial charge in [-0.15, -0.1) is 10.2 Å². The molecule has 0 aromatic carbocycles. The molecule has 2 amide bonds. The topological polar surface area (TPSA) is 184 Å². The highest BCUT2D eigenvalue weighted by Gasteiger charge is 2.54. The number of aromatic nitrogens is 3. The Labute approximate surface area is 190 Å². The van der Waals surface area contributed by atoms with Crippen molar-refractivity contribution < 1.29 is 24.7 Å². The van der Waals surface area contributed by atoms with Crippen LogP contribution in [0.3, 0.4) is 0 Å². The van der Waals surface area contributed by atoms with Crippen LogP contribution in [0, 0.1) is 0 Å². The van der Waals surface area contributed by atoms with Gasteiger partial charge in [-0.3, -0.25) is 14.5 Å². The van der Waals surface area contributed by atoms with Gasteiger partial charge >= 0.3 is 5.97 Å². The van der Waals surface area contributed by atoms with Gasteiger partial charge < -0.3 is 21.4 Å². The molecule has 0 spiro atoms. The van der Waals surface area contributed by atoms with E-state index in [9.17, 15) is 24.7 Å². The largest absolute Gasteiger partial charge is 0.477 e. The van der Waals surface area contributed by atoms with E-state index in [1.54, 1.807) is 0 Å². The number of nitrogen functional groups attached to an aromatic ring is 1. The molecule has 0 saturated carbocycles. The van der Waals surface area contributed by atoms with Crippen molar-refractivity contribution in [1.82, 2.24) is 25.4 Å². The number of nitrogens with one attached hydrogen (secondary N) is 1. The number of rotatable bonds is 6. The van der Waals surface area contributed by atoms with E-state index < -0.39 is 35.6 Å². The number of anilines is 1. The molecule has 0 unspecified atom stereocenters. The number of β-lactam (4-membered cyclic amide) rings is 1. The second-order valence-electron chi connectivity index (χ2n) is 6.27. The summed E-state index contributed by atoms with van der Waals surface area (Å²) in [6.07, 6.45) is 0.798. The number of carboxylic acids is 1. The van der Waals surface area contributed by atoms with Crippen LogP contribution in [0.1, 0.15) is 18.5 Å². The number of nitrogens with zero attached hydrogens (tertiary/aromatic N) is 5. The van der Waals surface area contributed by atoms with Gasteiger partial charge in [-0.2, -0.15) is 0 Å². The fourth-order valence-corrected chi connectivity index (χ4v) is 5.95. The Hall–Kier alpha value is -2.75. The Balaban J connectivity index is 1.53. The molecule has 31 heavy (non-hydrogen) atoms. The summed E-state index contributed by atoms with van der Waals surface area (Å²) in [7, 11) is 0. The van der Waals surface area contributed by atoms with Gasteiger partial charge in [0.1, 0.15) is 27.3 Å². The van der Waals surface area contributed by atoms with Crippen molar-refractivity contribution in [3.63, 3.8) is 0 Å². The van der Waals surface area contributed by atoms with Crippen LogP contribution in [0.25, 0.3) is 0 Å². The number of halogens is 1. The third kappa shape index (κ3) is 3.84. The molecule has 2 atom stereocenters. The average Bonchev–Trinajstić information content (AvgIpc) is 3.35. The van der Waals surface area contributed by atoms with Gasteiger partial charge in [0.15, 0.2) is 15.2 Å². The number of carboxylic acid groups (broad SMARTS) is 1. The van der Waals surface area contributed by atoms with Crippen molar-refractivity contribution in [2.75, 3.05) is 5.73 Å². The first-order valence-electron chi connectivity index (χ1n) is 8.50. The van der Waals surface area contributed by atoms with E-state index in [-0.39, 0.29) is 20.9 Å². The fourth-order valence-electron chi connectivity index (χ4n) is 3.31. The number of oxime groups is 1. The number of carbonyl (C=O) groups excluding carboxylic acids is 2. The number of allylic oxidation sites excluding steroid dienone is 1. The van der Waals surface area contributed by atoms with Gasteiger partial charge in [0.25, 0.3) is 11.8 Å². The van der Waals surface area contributed by atoms with Crippen LogP contribution in [0.15, 0.2) is 25.6 Å². The highest BCUT2D eigenvalue weighted by atomic mass is 35.5. The first-order chi connectivity index (χ1) is 14.8. The number of nitrogens with two attached hydrogens (primary N) is 1. The van der Waals surface area contributed by atoms with Crippen LogP contribution in [0.4, 0.5) is 5.13 Å². The van der Waals surface area contributed by atoms with Crippen molar-refractivity contribution in [1.29, 1.82) is 0 Å².